The van der Waals surface area contributed by atoms with Gasteiger partial charge in [-0.25, -0.2) is 0 Å². The Morgan fingerprint density at radius 3 is 2.33 bits per heavy atom. The standard InChI is InChI=1S/C17H28O4/c1-4-5-6-7-8-9-12-20-17-13-15(19-3)10-11-16(17)21-14-18-2/h10-11,13H,4-9,12,14H2,1-3H3. The lowest BCUT2D eigenvalue weighted by atomic mass is 10.1. The topological polar surface area (TPSA) is 36.9 Å². The van der Waals surface area contributed by atoms with E-state index in [4.69, 9.17) is 18.9 Å². The second kappa shape index (κ2) is 11.3. The van der Waals surface area contributed by atoms with Crippen LogP contribution in [0.3, 0.4) is 0 Å². The molecular formula is C17H28O4. The Morgan fingerprint density at radius 2 is 1.62 bits per heavy atom. The van der Waals surface area contributed by atoms with E-state index in [-0.39, 0.29) is 6.79 Å². The minimum Gasteiger partial charge on any atom is -0.497 e. The first-order valence-electron chi connectivity index (χ1n) is 7.74. The summed E-state index contributed by atoms with van der Waals surface area (Å²) in [5.74, 6) is 2.15. The fourth-order valence-electron chi connectivity index (χ4n) is 2.03. The van der Waals surface area contributed by atoms with E-state index >= 15 is 0 Å². The molecule has 0 amide bonds. The zero-order valence-electron chi connectivity index (χ0n) is 13.5. The third-order valence-corrected chi connectivity index (χ3v) is 3.24. The average molecular weight is 296 g/mol. The van der Waals surface area contributed by atoms with Gasteiger partial charge in [-0.2, -0.15) is 0 Å². The van der Waals surface area contributed by atoms with Crippen molar-refractivity contribution in [2.24, 2.45) is 0 Å². The van der Waals surface area contributed by atoms with Gasteiger partial charge < -0.3 is 18.9 Å². The Morgan fingerprint density at radius 1 is 0.857 bits per heavy atom. The first-order valence-corrected chi connectivity index (χ1v) is 7.74. The van der Waals surface area contributed by atoms with Gasteiger partial charge in [0.1, 0.15) is 5.75 Å². The van der Waals surface area contributed by atoms with Crippen LogP contribution in [0, 0.1) is 0 Å². The summed E-state index contributed by atoms with van der Waals surface area (Å²) in [6, 6.07) is 5.54. The van der Waals surface area contributed by atoms with Gasteiger partial charge in [0.25, 0.3) is 0 Å². The highest BCUT2D eigenvalue weighted by Crippen LogP contribution is 2.31. The number of rotatable bonds is 12. The zero-order valence-corrected chi connectivity index (χ0v) is 13.5. The quantitative estimate of drug-likeness (QED) is 0.423. The molecule has 120 valence electrons. The number of methoxy groups -OCH3 is 2. The largest absolute Gasteiger partial charge is 0.497 e. The van der Waals surface area contributed by atoms with E-state index in [1.807, 2.05) is 18.2 Å². The summed E-state index contributed by atoms with van der Waals surface area (Å²) >= 11 is 0. The van der Waals surface area contributed by atoms with Crippen LogP contribution < -0.4 is 14.2 Å². The minimum absolute atomic E-state index is 0.208. The Bertz CT molecular complexity index is 379. The summed E-state index contributed by atoms with van der Waals surface area (Å²) in [7, 11) is 3.24. The predicted molar refractivity (Wildman–Crippen MR) is 84.4 cm³/mol. The maximum Gasteiger partial charge on any atom is 0.188 e. The van der Waals surface area contributed by atoms with E-state index in [1.165, 1.54) is 32.1 Å². The lowest BCUT2D eigenvalue weighted by molar-refractivity contribution is 0.0485. The van der Waals surface area contributed by atoms with Crippen LogP contribution in [0.15, 0.2) is 18.2 Å². The summed E-state index contributed by atoms with van der Waals surface area (Å²) in [6.07, 6.45) is 7.47. The van der Waals surface area contributed by atoms with Crippen LogP contribution >= 0.6 is 0 Å². The van der Waals surface area contributed by atoms with E-state index in [0.29, 0.717) is 18.1 Å². The lowest BCUT2D eigenvalue weighted by Gasteiger charge is -2.13. The van der Waals surface area contributed by atoms with Gasteiger partial charge >= 0.3 is 0 Å². The van der Waals surface area contributed by atoms with Crippen molar-refractivity contribution in [3.05, 3.63) is 18.2 Å². The van der Waals surface area contributed by atoms with Crippen molar-refractivity contribution in [3.8, 4) is 17.2 Å². The molecular weight excluding hydrogens is 268 g/mol. The molecule has 1 rings (SSSR count). The van der Waals surface area contributed by atoms with Crippen molar-refractivity contribution in [2.75, 3.05) is 27.6 Å². The third kappa shape index (κ3) is 7.23. The molecule has 0 saturated heterocycles. The molecule has 0 aliphatic heterocycles. The molecule has 0 aliphatic rings. The fourth-order valence-corrected chi connectivity index (χ4v) is 2.03. The highest BCUT2D eigenvalue weighted by Gasteiger charge is 2.07. The molecule has 0 unspecified atom stereocenters. The lowest BCUT2D eigenvalue weighted by Crippen LogP contribution is -2.03. The van der Waals surface area contributed by atoms with Crippen molar-refractivity contribution >= 4 is 0 Å². The van der Waals surface area contributed by atoms with Crippen LogP contribution in [0.2, 0.25) is 0 Å². The van der Waals surface area contributed by atoms with Gasteiger partial charge in [-0.05, 0) is 18.6 Å². The minimum atomic E-state index is 0.208. The van der Waals surface area contributed by atoms with Crippen LogP contribution in [-0.2, 0) is 4.74 Å². The number of ether oxygens (including phenoxy) is 4. The molecule has 0 spiro atoms. The molecule has 0 radical (unpaired) electrons. The first-order chi connectivity index (χ1) is 10.3. The van der Waals surface area contributed by atoms with Gasteiger partial charge in [-0.3, -0.25) is 0 Å². The molecule has 4 heteroatoms. The van der Waals surface area contributed by atoms with Gasteiger partial charge in [0, 0.05) is 13.2 Å². The maximum absolute atomic E-state index is 5.82. The SMILES string of the molecule is CCCCCCCCOc1cc(OC)ccc1OCOC. The summed E-state index contributed by atoms with van der Waals surface area (Å²) in [5.41, 5.74) is 0. The molecule has 0 saturated carbocycles. The normalized spacial score (nSPS) is 10.4. The Kier molecular flexibility index (Phi) is 9.46. The van der Waals surface area contributed by atoms with Gasteiger partial charge in [0.05, 0.1) is 13.7 Å². The molecule has 0 aliphatic carbocycles. The van der Waals surface area contributed by atoms with Crippen molar-refractivity contribution < 1.29 is 18.9 Å². The van der Waals surface area contributed by atoms with Gasteiger partial charge in [0.2, 0.25) is 0 Å². The van der Waals surface area contributed by atoms with Gasteiger partial charge in [-0.1, -0.05) is 39.0 Å². The summed E-state index contributed by atoms with van der Waals surface area (Å²) in [5, 5.41) is 0. The van der Waals surface area contributed by atoms with Crippen LogP contribution in [0.4, 0.5) is 0 Å². The van der Waals surface area contributed by atoms with Crippen molar-refractivity contribution in [2.45, 2.75) is 45.4 Å². The zero-order chi connectivity index (χ0) is 15.3. The number of hydrogen-bond acceptors (Lipinski definition) is 4. The monoisotopic (exact) mass is 296 g/mol. The summed E-state index contributed by atoms with van der Waals surface area (Å²) < 4.78 is 21.5. The molecule has 0 fully saturated rings. The number of unbranched alkanes of at least 4 members (excludes halogenated alkanes) is 5. The second-order valence-electron chi connectivity index (χ2n) is 4.98. The highest BCUT2D eigenvalue weighted by molar-refractivity contribution is 5.45. The molecule has 4 nitrogen and oxygen atoms in total. The molecule has 1 aromatic rings. The van der Waals surface area contributed by atoms with Gasteiger partial charge in [0.15, 0.2) is 18.3 Å². The van der Waals surface area contributed by atoms with Crippen molar-refractivity contribution in [3.63, 3.8) is 0 Å². The summed E-state index contributed by atoms with van der Waals surface area (Å²) in [6.45, 7) is 3.13. The van der Waals surface area contributed by atoms with Crippen molar-refractivity contribution in [1.29, 1.82) is 0 Å². The Labute approximate surface area is 128 Å². The highest BCUT2D eigenvalue weighted by atomic mass is 16.7. The van der Waals surface area contributed by atoms with E-state index < -0.39 is 0 Å². The Balaban J connectivity index is 2.39. The van der Waals surface area contributed by atoms with Crippen LogP contribution in [0.25, 0.3) is 0 Å². The molecule has 0 bridgehead atoms. The Hall–Kier alpha value is -1.42. The molecule has 0 aromatic heterocycles. The number of benzene rings is 1. The maximum atomic E-state index is 5.82. The molecule has 0 heterocycles. The smallest absolute Gasteiger partial charge is 0.188 e. The number of hydrogen-bond donors (Lipinski definition) is 0. The predicted octanol–water partition coefficient (Wildman–Crippen LogP) is 4.42. The molecule has 21 heavy (non-hydrogen) atoms. The molecule has 1 aromatic carbocycles. The second-order valence-corrected chi connectivity index (χ2v) is 4.98. The van der Waals surface area contributed by atoms with E-state index in [1.54, 1.807) is 14.2 Å². The van der Waals surface area contributed by atoms with Crippen LogP contribution in [0.5, 0.6) is 17.2 Å². The third-order valence-electron chi connectivity index (χ3n) is 3.24. The molecule has 0 atom stereocenters. The molecule has 0 N–H and O–H groups in total. The summed E-state index contributed by atoms with van der Waals surface area (Å²) in [4.78, 5) is 0. The van der Waals surface area contributed by atoms with Crippen LogP contribution in [-0.4, -0.2) is 27.6 Å². The van der Waals surface area contributed by atoms with Gasteiger partial charge in [-0.15, -0.1) is 0 Å². The van der Waals surface area contributed by atoms with Crippen LogP contribution in [0.1, 0.15) is 45.4 Å². The first kappa shape index (κ1) is 17.6. The van der Waals surface area contributed by atoms with Crippen molar-refractivity contribution in [1.82, 2.24) is 0 Å². The van der Waals surface area contributed by atoms with E-state index in [9.17, 15) is 0 Å². The van der Waals surface area contributed by atoms with E-state index in [0.717, 1.165) is 12.2 Å². The fraction of sp³-hybridized carbons (Fsp3) is 0.647. The average Bonchev–Trinajstić information content (AvgIpc) is 2.52. The van der Waals surface area contributed by atoms with E-state index in [2.05, 4.69) is 6.92 Å².